The molecule has 1 amide bonds. The Bertz CT molecular complexity index is 654. The van der Waals surface area contributed by atoms with Gasteiger partial charge in [-0.25, -0.2) is 4.98 Å². The number of hydrogen-bond donors (Lipinski definition) is 3. The number of nitrogen functional groups attached to an aromatic ring is 1. The van der Waals surface area contributed by atoms with E-state index in [-0.39, 0.29) is 22.9 Å². The van der Waals surface area contributed by atoms with Crippen LogP contribution in [0.15, 0.2) is 30.3 Å². The number of halogens is 1. The van der Waals surface area contributed by atoms with Gasteiger partial charge in [-0.3, -0.25) is 4.79 Å². The van der Waals surface area contributed by atoms with Gasteiger partial charge in [0.2, 0.25) is 11.9 Å². The van der Waals surface area contributed by atoms with Crippen LogP contribution in [0.2, 0.25) is 5.15 Å². The molecule has 0 atom stereocenters. The summed E-state index contributed by atoms with van der Waals surface area (Å²) in [6, 6.07) is 9.18. The molecule has 0 aliphatic rings. The zero-order chi connectivity index (χ0) is 16.1. The molecule has 2 aromatic rings. The number of hydrogen-bond acceptors (Lipinski definition) is 5. The first-order valence-electron chi connectivity index (χ1n) is 6.88. The first-order chi connectivity index (χ1) is 10.4. The van der Waals surface area contributed by atoms with E-state index in [0.29, 0.717) is 12.4 Å². The van der Waals surface area contributed by atoms with E-state index in [1.54, 1.807) is 6.07 Å². The minimum Gasteiger partial charge on any atom is -0.368 e. The van der Waals surface area contributed by atoms with Crippen molar-refractivity contribution in [1.29, 1.82) is 0 Å². The molecule has 1 heterocycles. The predicted octanol–water partition coefficient (Wildman–Crippen LogP) is 2.92. The van der Waals surface area contributed by atoms with E-state index in [9.17, 15) is 4.79 Å². The molecule has 22 heavy (non-hydrogen) atoms. The molecule has 7 heteroatoms. The Balaban J connectivity index is 2.02. The summed E-state index contributed by atoms with van der Waals surface area (Å²) in [7, 11) is 0. The van der Waals surface area contributed by atoms with Gasteiger partial charge in [0.1, 0.15) is 11.0 Å². The number of carbonyl (C=O) groups is 1. The number of nitrogens with zero attached hydrogens (tertiary/aromatic N) is 2. The van der Waals surface area contributed by atoms with E-state index >= 15 is 0 Å². The molecule has 0 spiro atoms. The normalized spacial score (nSPS) is 10.5. The van der Waals surface area contributed by atoms with Gasteiger partial charge in [0.25, 0.3) is 0 Å². The maximum absolute atomic E-state index is 11.7. The molecule has 0 aliphatic carbocycles. The third-order valence-corrected chi connectivity index (χ3v) is 3.10. The van der Waals surface area contributed by atoms with Crippen molar-refractivity contribution >= 4 is 35.0 Å². The van der Waals surface area contributed by atoms with Gasteiger partial charge in [0, 0.05) is 24.2 Å². The number of nitrogens with one attached hydrogen (secondary N) is 2. The second-order valence-corrected chi connectivity index (χ2v) is 5.52. The lowest BCUT2D eigenvalue weighted by Crippen LogP contribution is -2.17. The van der Waals surface area contributed by atoms with E-state index in [1.165, 1.54) is 0 Å². The van der Waals surface area contributed by atoms with Gasteiger partial charge >= 0.3 is 0 Å². The summed E-state index contributed by atoms with van der Waals surface area (Å²) in [6.07, 6.45) is 0. The average Bonchev–Trinajstić information content (AvgIpc) is 2.44. The van der Waals surface area contributed by atoms with Crippen molar-refractivity contribution in [3.63, 3.8) is 0 Å². The molecular weight excluding hydrogens is 302 g/mol. The van der Waals surface area contributed by atoms with E-state index in [2.05, 4.69) is 20.6 Å². The van der Waals surface area contributed by atoms with Crippen LogP contribution in [-0.4, -0.2) is 15.9 Å². The highest BCUT2D eigenvalue weighted by Crippen LogP contribution is 2.16. The fourth-order valence-electron chi connectivity index (χ4n) is 1.76. The molecule has 0 fully saturated rings. The number of amides is 1. The Morgan fingerprint density at radius 2 is 2.09 bits per heavy atom. The van der Waals surface area contributed by atoms with Gasteiger partial charge in [-0.05, 0) is 17.7 Å². The second kappa shape index (κ2) is 7.09. The van der Waals surface area contributed by atoms with Gasteiger partial charge in [-0.15, -0.1) is 0 Å². The fraction of sp³-hybridized carbons (Fsp3) is 0.267. The van der Waals surface area contributed by atoms with Crippen LogP contribution in [0.3, 0.4) is 0 Å². The Hall–Kier alpha value is -2.34. The number of aromatic nitrogens is 2. The summed E-state index contributed by atoms with van der Waals surface area (Å²) >= 11 is 5.83. The summed E-state index contributed by atoms with van der Waals surface area (Å²) in [6.45, 7) is 4.23. The lowest BCUT2D eigenvalue weighted by atomic mass is 10.1. The van der Waals surface area contributed by atoms with Crippen LogP contribution in [0.1, 0.15) is 19.4 Å². The van der Waals surface area contributed by atoms with Crippen molar-refractivity contribution in [2.45, 2.75) is 20.4 Å². The molecule has 1 aromatic carbocycles. The minimum atomic E-state index is -0.0621. The van der Waals surface area contributed by atoms with Crippen molar-refractivity contribution in [3.8, 4) is 0 Å². The molecule has 6 nitrogen and oxygen atoms in total. The molecule has 0 unspecified atom stereocenters. The Kier molecular flexibility index (Phi) is 5.16. The standard InChI is InChI=1S/C15H18ClN5O/c1-9(2)14(22)19-11-5-3-4-10(6-11)8-18-13-7-12(16)20-15(17)21-13/h3-7,9H,8H2,1-2H3,(H,19,22)(H3,17,18,20,21). The molecule has 0 saturated carbocycles. The summed E-state index contributed by atoms with van der Waals surface area (Å²) in [5.74, 6) is 0.593. The van der Waals surface area contributed by atoms with Crippen molar-refractivity contribution in [1.82, 2.24) is 9.97 Å². The van der Waals surface area contributed by atoms with Crippen LogP contribution in [0.4, 0.5) is 17.5 Å². The number of nitrogens with two attached hydrogens (primary N) is 1. The monoisotopic (exact) mass is 319 g/mol. The zero-order valence-electron chi connectivity index (χ0n) is 12.4. The summed E-state index contributed by atoms with van der Waals surface area (Å²) in [5.41, 5.74) is 7.30. The largest absolute Gasteiger partial charge is 0.368 e. The number of rotatable bonds is 5. The van der Waals surface area contributed by atoms with Crippen LogP contribution < -0.4 is 16.4 Å². The van der Waals surface area contributed by atoms with E-state index in [0.717, 1.165) is 11.3 Å². The molecule has 0 aliphatic heterocycles. The highest BCUT2D eigenvalue weighted by atomic mass is 35.5. The smallest absolute Gasteiger partial charge is 0.226 e. The fourth-order valence-corrected chi connectivity index (χ4v) is 1.95. The lowest BCUT2D eigenvalue weighted by Gasteiger charge is -2.10. The van der Waals surface area contributed by atoms with Crippen LogP contribution in [0, 0.1) is 5.92 Å². The maximum atomic E-state index is 11.7. The molecule has 4 N–H and O–H groups in total. The summed E-state index contributed by atoms with van der Waals surface area (Å²) in [5, 5.41) is 6.27. The Morgan fingerprint density at radius 3 is 2.77 bits per heavy atom. The third-order valence-electron chi connectivity index (χ3n) is 2.90. The van der Waals surface area contributed by atoms with Crippen molar-refractivity contribution in [2.75, 3.05) is 16.4 Å². The topological polar surface area (TPSA) is 92.9 Å². The summed E-state index contributed by atoms with van der Waals surface area (Å²) < 4.78 is 0. The minimum absolute atomic E-state index is 0.0135. The highest BCUT2D eigenvalue weighted by molar-refractivity contribution is 6.29. The van der Waals surface area contributed by atoms with Crippen molar-refractivity contribution in [2.24, 2.45) is 5.92 Å². The Labute approximate surface area is 134 Å². The van der Waals surface area contributed by atoms with Gasteiger partial charge in [0.05, 0.1) is 0 Å². The first kappa shape index (κ1) is 16.0. The molecule has 1 aromatic heterocycles. The molecule has 0 saturated heterocycles. The molecule has 116 valence electrons. The maximum Gasteiger partial charge on any atom is 0.226 e. The van der Waals surface area contributed by atoms with Crippen LogP contribution in [0.5, 0.6) is 0 Å². The number of benzene rings is 1. The second-order valence-electron chi connectivity index (χ2n) is 5.13. The molecule has 2 rings (SSSR count). The average molecular weight is 320 g/mol. The predicted molar refractivity (Wildman–Crippen MR) is 88.7 cm³/mol. The highest BCUT2D eigenvalue weighted by Gasteiger charge is 2.07. The number of carbonyl (C=O) groups excluding carboxylic acids is 1. The number of anilines is 3. The Morgan fingerprint density at radius 1 is 1.32 bits per heavy atom. The van der Waals surface area contributed by atoms with Crippen LogP contribution >= 0.6 is 11.6 Å². The van der Waals surface area contributed by atoms with Crippen molar-refractivity contribution < 1.29 is 4.79 Å². The van der Waals surface area contributed by atoms with Crippen molar-refractivity contribution in [3.05, 3.63) is 41.0 Å². The van der Waals surface area contributed by atoms with Crippen LogP contribution in [0.25, 0.3) is 0 Å². The zero-order valence-corrected chi connectivity index (χ0v) is 13.2. The molecular formula is C15H18ClN5O. The summed E-state index contributed by atoms with van der Waals surface area (Å²) in [4.78, 5) is 19.5. The molecule has 0 radical (unpaired) electrons. The van der Waals surface area contributed by atoms with E-state index in [4.69, 9.17) is 17.3 Å². The molecule has 0 bridgehead atoms. The quantitative estimate of drug-likeness (QED) is 0.737. The van der Waals surface area contributed by atoms with Gasteiger partial charge in [-0.2, -0.15) is 4.98 Å². The lowest BCUT2D eigenvalue weighted by molar-refractivity contribution is -0.118. The van der Waals surface area contributed by atoms with Crippen LogP contribution in [-0.2, 0) is 11.3 Å². The first-order valence-corrected chi connectivity index (χ1v) is 7.25. The third kappa shape index (κ3) is 4.60. The van der Waals surface area contributed by atoms with E-state index in [1.807, 2.05) is 38.1 Å². The van der Waals surface area contributed by atoms with Gasteiger partial charge < -0.3 is 16.4 Å². The van der Waals surface area contributed by atoms with E-state index < -0.39 is 0 Å². The van der Waals surface area contributed by atoms with Gasteiger partial charge in [0.15, 0.2) is 0 Å². The van der Waals surface area contributed by atoms with Gasteiger partial charge in [-0.1, -0.05) is 37.6 Å². The SMILES string of the molecule is CC(C)C(=O)Nc1cccc(CNc2cc(Cl)nc(N)n2)c1.